The van der Waals surface area contributed by atoms with Crippen LogP contribution in [-0.2, 0) is 11.4 Å². The Kier molecular flexibility index (Phi) is 6.26. The van der Waals surface area contributed by atoms with Crippen molar-refractivity contribution in [1.29, 1.82) is 0 Å². The van der Waals surface area contributed by atoms with E-state index in [1.165, 1.54) is 0 Å². The highest BCUT2D eigenvalue weighted by molar-refractivity contribution is 8.00. The lowest BCUT2D eigenvalue weighted by atomic mass is 10.1. The van der Waals surface area contributed by atoms with E-state index in [9.17, 15) is 4.79 Å². The van der Waals surface area contributed by atoms with Gasteiger partial charge in [0.25, 0.3) is 0 Å². The lowest BCUT2D eigenvalue weighted by molar-refractivity contribution is -0.115. The Morgan fingerprint density at radius 3 is 2.45 bits per heavy atom. The molecule has 1 heterocycles. The molecule has 148 valence electrons. The number of halogens is 3. The van der Waals surface area contributed by atoms with Gasteiger partial charge in [0.1, 0.15) is 17.7 Å². The predicted octanol–water partition coefficient (Wildman–Crippen LogP) is 7.00. The number of hydrogen-bond donors (Lipinski definition) is 0. The van der Waals surface area contributed by atoms with Gasteiger partial charge in [-0.2, -0.15) is 0 Å². The first-order valence-electron chi connectivity index (χ1n) is 8.88. The van der Waals surface area contributed by atoms with Gasteiger partial charge in [0.05, 0.1) is 5.75 Å². The van der Waals surface area contributed by atoms with Crippen LogP contribution in [-0.4, -0.2) is 11.7 Å². The lowest BCUT2D eigenvalue weighted by Gasteiger charge is -2.26. The van der Waals surface area contributed by atoms with E-state index in [4.69, 9.17) is 39.5 Å². The molecule has 0 unspecified atom stereocenters. The van der Waals surface area contributed by atoms with Crippen molar-refractivity contribution in [3.63, 3.8) is 0 Å². The number of benzene rings is 3. The number of carbonyl (C=O) groups excluding carboxylic acids is 1. The van der Waals surface area contributed by atoms with Gasteiger partial charge >= 0.3 is 0 Å². The fourth-order valence-corrected chi connectivity index (χ4v) is 4.94. The maximum Gasteiger partial charge on any atom is 0.238 e. The highest BCUT2D eigenvalue weighted by atomic mass is 35.5. The van der Waals surface area contributed by atoms with Gasteiger partial charge in [-0.25, -0.2) is 0 Å². The summed E-state index contributed by atoms with van der Waals surface area (Å²) < 4.78 is 6.09. The van der Waals surface area contributed by atoms with Gasteiger partial charge in [-0.15, -0.1) is 11.8 Å². The van der Waals surface area contributed by atoms with Crippen molar-refractivity contribution in [2.45, 2.75) is 12.0 Å². The van der Waals surface area contributed by atoms with Crippen LogP contribution in [0.2, 0.25) is 15.1 Å². The third kappa shape index (κ3) is 4.51. The number of rotatable bonds is 5. The molecule has 0 N–H and O–H groups in total. The lowest BCUT2D eigenvalue weighted by Crippen LogP contribution is -2.28. The maximum atomic E-state index is 12.6. The molecule has 0 aromatic heterocycles. The van der Waals surface area contributed by atoms with E-state index in [1.54, 1.807) is 40.9 Å². The molecular weight excluding hydrogens is 449 g/mol. The quantitative estimate of drug-likeness (QED) is 0.407. The second kappa shape index (κ2) is 8.88. The Hall–Kier alpha value is -1.85. The Morgan fingerprint density at radius 2 is 1.69 bits per heavy atom. The SMILES string of the molecule is O=C1CS[C@H](c2ccccc2OCc2ccc(Cl)cc2Cl)N1c1ccc(Cl)cc1. The van der Waals surface area contributed by atoms with Gasteiger partial charge in [0.15, 0.2) is 0 Å². The third-order valence-electron chi connectivity index (χ3n) is 4.56. The molecule has 3 nitrogen and oxygen atoms in total. The molecule has 1 fully saturated rings. The molecule has 29 heavy (non-hydrogen) atoms. The van der Waals surface area contributed by atoms with Crippen molar-refractivity contribution in [2.75, 3.05) is 10.7 Å². The van der Waals surface area contributed by atoms with Gasteiger partial charge in [-0.05, 0) is 42.5 Å². The van der Waals surface area contributed by atoms with Crippen LogP contribution in [0.25, 0.3) is 0 Å². The van der Waals surface area contributed by atoms with E-state index >= 15 is 0 Å². The fraction of sp³-hybridized carbons (Fsp3) is 0.136. The molecule has 3 aromatic carbocycles. The Balaban J connectivity index is 1.61. The number of hydrogen-bond acceptors (Lipinski definition) is 3. The molecule has 1 amide bonds. The average molecular weight is 465 g/mol. The Bertz CT molecular complexity index is 1040. The molecule has 1 aliphatic heterocycles. The molecule has 0 spiro atoms. The summed E-state index contributed by atoms with van der Waals surface area (Å²) >= 11 is 19.8. The summed E-state index contributed by atoms with van der Waals surface area (Å²) in [4.78, 5) is 14.4. The van der Waals surface area contributed by atoms with E-state index < -0.39 is 0 Å². The number of amides is 1. The number of anilines is 1. The first-order valence-corrected chi connectivity index (χ1v) is 11.1. The summed E-state index contributed by atoms with van der Waals surface area (Å²) in [5.41, 5.74) is 2.59. The highest BCUT2D eigenvalue weighted by Crippen LogP contribution is 2.45. The molecule has 7 heteroatoms. The smallest absolute Gasteiger partial charge is 0.238 e. The molecule has 1 aliphatic rings. The monoisotopic (exact) mass is 463 g/mol. The number of ether oxygens (including phenoxy) is 1. The minimum absolute atomic E-state index is 0.0536. The van der Waals surface area contributed by atoms with E-state index in [-0.39, 0.29) is 11.3 Å². The van der Waals surface area contributed by atoms with Crippen molar-refractivity contribution in [3.05, 3.63) is 92.9 Å². The Morgan fingerprint density at radius 1 is 0.966 bits per heavy atom. The summed E-state index contributed by atoms with van der Waals surface area (Å²) in [6, 6.07) is 20.4. The van der Waals surface area contributed by atoms with E-state index in [0.717, 1.165) is 16.8 Å². The zero-order valence-electron chi connectivity index (χ0n) is 15.1. The Labute approximate surface area is 188 Å². The second-order valence-electron chi connectivity index (χ2n) is 6.47. The predicted molar refractivity (Wildman–Crippen MR) is 121 cm³/mol. The van der Waals surface area contributed by atoms with Crippen molar-refractivity contribution < 1.29 is 9.53 Å². The van der Waals surface area contributed by atoms with Crippen molar-refractivity contribution in [1.82, 2.24) is 0 Å². The van der Waals surface area contributed by atoms with Crippen LogP contribution in [0.5, 0.6) is 5.75 Å². The second-order valence-corrected chi connectivity index (χ2v) is 8.81. The minimum atomic E-state index is -0.180. The standard InChI is InChI=1S/C22H16Cl3NO2S/c23-15-7-9-17(10-8-15)26-21(27)13-29-22(26)18-3-1-2-4-20(18)28-12-14-5-6-16(24)11-19(14)25/h1-11,22H,12-13H2/t22-/m1/s1. The molecule has 0 radical (unpaired) electrons. The fourth-order valence-electron chi connectivity index (χ4n) is 3.15. The highest BCUT2D eigenvalue weighted by Gasteiger charge is 2.35. The molecule has 4 rings (SSSR count). The number of para-hydroxylation sites is 1. The zero-order valence-corrected chi connectivity index (χ0v) is 18.2. The minimum Gasteiger partial charge on any atom is -0.488 e. The van der Waals surface area contributed by atoms with Crippen LogP contribution in [0.1, 0.15) is 16.5 Å². The topological polar surface area (TPSA) is 29.5 Å². The molecule has 3 aromatic rings. The normalized spacial score (nSPS) is 16.3. The number of carbonyl (C=O) groups is 1. The van der Waals surface area contributed by atoms with Crippen molar-refractivity contribution in [3.8, 4) is 5.75 Å². The number of nitrogens with zero attached hydrogens (tertiary/aromatic N) is 1. The largest absolute Gasteiger partial charge is 0.488 e. The van der Waals surface area contributed by atoms with Gasteiger partial charge in [-0.1, -0.05) is 59.1 Å². The summed E-state index contributed by atoms with van der Waals surface area (Å²) in [6.07, 6.45) is 0. The van der Waals surface area contributed by atoms with Crippen molar-refractivity contribution in [2.24, 2.45) is 0 Å². The summed E-state index contributed by atoms with van der Waals surface area (Å²) in [7, 11) is 0. The third-order valence-corrected chi connectivity index (χ3v) is 6.59. The van der Waals surface area contributed by atoms with Gasteiger partial charge in [0.2, 0.25) is 5.91 Å². The maximum absolute atomic E-state index is 12.6. The van der Waals surface area contributed by atoms with Gasteiger partial charge in [0, 0.05) is 31.9 Å². The van der Waals surface area contributed by atoms with Crippen LogP contribution >= 0.6 is 46.6 Å². The zero-order chi connectivity index (χ0) is 20.4. The molecular formula is C22H16Cl3NO2S. The van der Waals surface area contributed by atoms with Crippen LogP contribution in [0.15, 0.2) is 66.7 Å². The summed E-state index contributed by atoms with van der Waals surface area (Å²) in [6.45, 7) is 0.305. The van der Waals surface area contributed by atoms with Gasteiger partial charge in [-0.3, -0.25) is 9.69 Å². The average Bonchev–Trinajstić information content (AvgIpc) is 3.09. The molecule has 0 bridgehead atoms. The molecule has 1 atom stereocenters. The molecule has 0 saturated carbocycles. The number of thioether (sulfide) groups is 1. The van der Waals surface area contributed by atoms with Crippen LogP contribution < -0.4 is 9.64 Å². The first-order chi connectivity index (χ1) is 14.0. The van der Waals surface area contributed by atoms with Crippen LogP contribution in [0.4, 0.5) is 5.69 Å². The summed E-state index contributed by atoms with van der Waals surface area (Å²) in [5.74, 6) is 1.17. The van der Waals surface area contributed by atoms with Crippen LogP contribution in [0, 0.1) is 0 Å². The van der Waals surface area contributed by atoms with Crippen LogP contribution in [0.3, 0.4) is 0 Å². The molecule has 0 aliphatic carbocycles. The van der Waals surface area contributed by atoms with Gasteiger partial charge < -0.3 is 4.74 Å². The van der Waals surface area contributed by atoms with Crippen molar-refractivity contribution >= 4 is 58.2 Å². The first kappa shape index (κ1) is 20.4. The van der Waals surface area contributed by atoms with E-state index in [0.29, 0.717) is 33.2 Å². The summed E-state index contributed by atoms with van der Waals surface area (Å²) in [5, 5.41) is 1.59. The van der Waals surface area contributed by atoms with E-state index in [2.05, 4.69) is 0 Å². The van der Waals surface area contributed by atoms with E-state index in [1.807, 2.05) is 42.5 Å². The molecule has 1 saturated heterocycles.